The van der Waals surface area contributed by atoms with Crippen LogP contribution in [0.4, 0.5) is 0 Å². The van der Waals surface area contributed by atoms with Crippen molar-refractivity contribution >= 4 is 23.6 Å². The Bertz CT molecular complexity index is 970. The number of rotatable bonds is 4. The Morgan fingerprint density at radius 3 is 2.76 bits per heavy atom. The highest BCUT2D eigenvalue weighted by Gasteiger charge is 2.20. The fraction of sp³-hybridized carbons (Fsp3) is 0.167. The lowest BCUT2D eigenvalue weighted by Crippen LogP contribution is -2.14. The Balaban J connectivity index is 2.12. The van der Waals surface area contributed by atoms with Gasteiger partial charge in [0.05, 0.1) is 17.9 Å². The molecule has 0 spiro atoms. The summed E-state index contributed by atoms with van der Waals surface area (Å²) in [6.07, 6.45) is 4.55. The number of hydrogen-bond acceptors (Lipinski definition) is 4. The molecule has 0 saturated carbocycles. The van der Waals surface area contributed by atoms with Gasteiger partial charge in [-0.25, -0.2) is 4.79 Å². The molecule has 3 rings (SSSR count). The molecule has 0 unspecified atom stereocenters. The maximum absolute atomic E-state index is 12.6. The summed E-state index contributed by atoms with van der Waals surface area (Å²) in [4.78, 5) is 27.3. The lowest BCUT2D eigenvalue weighted by Gasteiger charge is -2.05. The second-order valence-corrected chi connectivity index (χ2v) is 5.80. The number of carbonyl (C=O) groups is 1. The van der Waals surface area contributed by atoms with Crippen LogP contribution in [0.25, 0.3) is 23.0 Å². The second-order valence-electron chi connectivity index (χ2n) is 5.37. The van der Waals surface area contributed by atoms with Crippen molar-refractivity contribution in [3.8, 4) is 16.9 Å². The largest absolute Gasteiger partial charge is 0.463 e. The van der Waals surface area contributed by atoms with Crippen LogP contribution < -0.4 is 5.56 Å². The van der Waals surface area contributed by atoms with Crippen molar-refractivity contribution < 1.29 is 9.53 Å². The van der Waals surface area contributed by atoms with Crippen LogP contribution in [0, 0.1) is 6.92 Å². The number of pyridine rings is 1. The van der Waals surface area contributed by atoms with Crippen LogP contribution in [0.3, 0.4) is 0 Å². The summed E-state index contributed by atoms with van der Waals surface area (Å²) in [6.45, 7) is 3.88. The number of fused-ring (bicyclic) bond motifs is 1. The highest BCUT2D eigenvalue weighted by atomic mass is 35.5. The molecule has 2 aliphatic heterocycles. The maximum atomic E-state index is 12.6. The van der Waals surface area contributed by atoms with E-state index in [1.807, 2.05) is 6.92 Å². The van der Waals surface area contributed by atoms with Crippen LogP contribution in [0.1, 0.15) is 18.2 Å². The number of aromatic amines is 1. The SMILES string of the molecule is CCOC(=O)C=Cc1c2nn(-c3ccc(Cl)cc3)c(=O)c-2c[nH]c1C. The Morgan fingerprint density at radius 1 is 1.36 bits per heavy atom. The average molecular weight is 358 g/mol. The van der Waals surface area contributed by atoms with Gasteiger partial charge in [-0.2, -0.15) is 9.78 Å². The monoisotopic (exact) mass is 357 g/mol. The molecule has 1 aromatic rings. The summed E-state index contributed by atoms with van der Waals surface area (Å²) in [5.41, 5.74) is 2.76. The highest BCUT2D eigenvalue weighted by Crippen LogP contribution is 2.25. The van der Waals surface area contributed by atoms with Crippen LogP contribution in [-0.2, 0) is 9.53 Å². The predicted octanol–water partition coefficient (Wildman–Crippen LogP) is 3.20. The summed E-state index contributed by atoms with van der Waals surface area (Å²) < 4.78 is 6.20. The molecule has 0 bridgehead atoms. The van der Waals surface area contributed by atoms with E-state index in [9.17, 15) is 9.59 Å². The smallest absolute Gasteiger partial charge is 0.330 e. The fourth-order valence-electron chi connectivity index (χ4n) is 2.48. The molecule has 128 valence electrons. The molecule has 0 amide bonds. The number of H-pyrrole nitrogens is 1. The quantitative estimate of drug-likeness (QED) is 0.574. The minimum atomic E-state index is -0.446. The Morgan fingerprint density at radius 2 is 2.08 bits per heavy atom. The van der Waals surface area contributed by atoms with E-state index in [-0.39, 0.29) is 5.56 Å². The Labute approximate surface area is 149 Å². The number of aromatic nitrogens is 3. The molecule has 2 heterocycles. The topological polar surface area (TPSA) is 77.0 Å². The zero-order chi connectivity index (χ0) is 18.0. The van der Waals surface area contributed by atoms with E-state index in [1.54, 1.807) is 43.5 Å². The number of carbonyl (C=O) groups excluding carboxylic acids is 1. The summed E-state index contributed by atoms with van der Waals surface area (Å²) >= 11 is 5.89. The fourth-order valence-corrected chi connectivity index (χ4v) is 2.61. The average Bonchev–Trinajstić information content (AvgIpc) is 2.92. The number of hydrogen-bond donors (Lipinski definition) is 1. The number of halogens is 1. The third-order valence-corrected chi connectivity index (χ3v) is 3.97. The van der Waals surface area contributed by atoms with Crippen molar-refractivity contribution in [2.24, 2.45) is 0 Å². The first-order valence-electron chi connectivity index (χ1n) is 7.73. The van der Waals surface area contributed by atoms with Gasteiger partial charge in [0.15, 0.2) is 0 Å². The van der Waals surface area contributed by atoms with E-state index in [4.69, 9.17) is 16.3 Å². The van der Waals surface area contributed by atoms with Crippen molar-refractivity contribution in [1.82, 2.24) is 14.8 Å². The van der Waals surface area contributed by atoms with Crippen molar-refractivity contribution in [2.75, 3.05) is 6.61 Å². The summed E-state index contributed by atoms with van der Waals surface area (Å²) in [7, 11) is 0. The first-order chi connectivity index (χ1) is 12.0. The number of esters is 1. The Kier molecular flexibility index (Phi) is 4.72. The second kappa shape index (κ2) is 6.94. The summed E-state index contributed by atoms with van der Waals surface area (Å²) in [5.74, 6) is -0.446. The van der Waals surface area contributed by atoms with Crippen molar-refractivity contribution in [3.63, 3.8) is 0 Å². The van der Waals surface area contributed by atoms with Gasteiger partial charge < -0.3 is 9.72 Å². The molecule has 6 nitrogen and oxygen atoms in total. The van der Waals surface area contributed by atoms with Gasteiger partial charge in [-0.3, -0.25) is 4.79 Å². The highest BCUT2D eigenvalue weighted by molar-refractivity contribution is 6.30. The van der Waals surface area contributed by atoms with E-state index in [0.29, 0.717) is 34.1 Å². The number of aryl methyl sites for hydroxylation is 1. The molecule has 2 aliphatic rings. The van der Waals surface area contributed by atoms with Crippen molar-refractivity contribution in [3.05, 3.63) is 63.2 Å². The van der Waals surface area contributed by atoms with Crippen LogP contribution in [0.5, 0.6) is 0 Å². The van der Waals surface area contributed by atoms with Crippen molar-refractivity contribution in [2.45, 2.75) is 13.8 Å². The standard InChI is InChI=1S/C18H16ClN3O3/c1-3-25-16(23)9-8-14-11(2)20-10-15-17(14)21-22(18(15)24)13-6-4-12(19)5-7-13/h4-10,20H,3H2,1-2H3. The number of nitrogens with zero attached hydrogens (tertiary/aromatic N) is 2. The minimum Gasteiger partial charge on any atom is -0.463 e. The van der Waals surface area contributed by atoms with E-state index >= 15 is 0 Å². The molecule has 0 saturated heterocycles. The molecule has 0 aromatic heterocycles. The molecular formula is C18H16ClN3O3. The summed E-state index contributed by atoms with van der Waals surface area (Å²) in [5, 5.41) is 5.01. The maximum Gasteiger partial charge on any atom is 0.330 e. The van der Waals surface area contributed by atoms with Gasteiger partial charge in [0, 0.05) is 28.6 Å². The zero-order valence-corrected chi connectivity index (χ0v) is 14.5. The van der Waals surface area contributed by atoms with E-state index in [1.165, 1.54) is 10.8 Å². The van der Waals surface area contributed by atoms with Gasteiger partial charge in [-0.15, -0.1) is 0 Å². The van der Waals surface area contributed by atoms with Crippen LogP contribution in [-0.4, -0.2) is 27.3 Å². The van der Waals surface area contributed by atoms with Gasteiger partial charge in [-0.1, -0.05) is 11.6 Å². The lowest BCUT2D eigenvalue weighted by molar-refractivity contribution is -0.137. The van der Waals surface area contributed by atoms with Gasteiger partial charge >= 0.3 is 5.97 Å². The van der Waals surface area contributed by atoms with E-state index < -0.39 is 5.97 Å². The normalized spacial score (nSPS) is 11.3. The molecule has 0 radical (unpaired) electrons. The number of benzene rings is 1. The predicted molar refractivity (Wildman–Crippen MR) is 96.2 cm³/mol. The van der Waals surface area contributed by atoms with E-state index in [2.05, 4.69) is 10.1 Å². The van der Waals surface area contributed by atoms with E-state index in [0.717, 1.165) is 5.69 Å². The minimum absolute atomic E-state index is 0.251. The Hall–Kier alpha value is -2.86. The zero-order valence-electron chi connectivity index (χ0n) is 13.7. The molecular weight excluding hydrogens is 342 g/mol. The third kappa shape index (κ3) is 3.34. The molecule has 0 fully saturated rings. The molecule has 0 aliphatic carbocycles. The molecule has 0 atom stereocenters. The van der Waals surface area contributed by atoms with Gasteiger partial charge in [0.25, 0.3) is 5.56 Å². The van der Waals surface area contributed by atoms with Crippen LogP contribution in [0.15, 0.2) is 41.3 Å². The first kappa shape index (κ1) is 17.0. The van der Waals surface area contributed by atoms with Crippen LogP contribution in [0.2, 0.25) is 5.02 Å². The molecule has 1 N–H and O–H groups in total. The molecule has 25 heavy (non-hydrogen) atoms. The molecule has 7 heteroatoms. The van der Waals surface area contributed by atoms with Crippen LogP contribution >= 0.6 is 11.6 Å². The third-order valence-electron chi connectivity index (χ3n) is 3.71. The first-order valence-corrected chi connectivity index (χ1v) is 8.11. The van der Waals surface area contributed by atoms with Gasteiger partial charge in [0.2, 0.25) is 0 Å². The number of nitrogens with one attached hydrogen (secondary N) is 1. The number of ether oxygens (including phenoxy) is 1. The summed E-state index contributed by atoms with van der Waals surface area (Å²) in [6, 6.07) is 6.84. The van der Waals surface area contributed by atoms with Gasteiger partial charge in [-0.05, 0) is 44.2 Å². The molecule has 1 aromatic carbocycles. The van der Waals surface area contributed by atoms with Gasteiger partial charge in [0.1, 0.15) is 5.69 Å². The lowest BCUT2D eigenvalue weighted by atomic mass is 10.1. The van der Waals surface area contributed by atoms with Crippen molar-refractivity contribution in [1.29, 1.82) is 0 Å².